The summed E-state index contributed by atoms with van der Waals surface area (Å²) in [4.78, 5) is 16.3. The van der Waals surface area contributed by atoms with E-state index in [1.54, 1.807) is 13.8 Å². The van der Waals surface area contributed by atoms with E-state index in [1.807, 2.05) is 26.0 Å². The van der Waals surface area contributed by atoms with E-state index in [-0.39, 0.29) is 0 Å². The molecule has 0 aromatic heterocycles. The number of nitrogens with zero attached hydrogens (tertiary/aromatic N) is 2. The van der Waals surface area contributed by atoms with Gasteiger partial charge in [0.15, 0.2) is 5.60 Å². The summed E-state index contributed by atoms with van der Waals surface area (Å²) in [6.45, 7) is 13.1. The predicted molar refractivity (Wildman–Crippen MR) is 120 cm³/mol. The van der Waals surface area contributed by atoms with Gasteiger partial charge in [-0.1, -0.05) is 35.9 Å². The maximum Gasteiger partial charge on any atom is 0.347 e. The molecule has 1 heterocycles. The molecule has 0 amide bonds. The number of aliphatic carboxylic acids is 1. The largest absolute Gasteiger partial charge is 0.478 e. The second-order valence-corrected chi connectivity index (χ2v) is 9.09. The number of rotatable bonds is 7. The Morgan fingerprint density at radius 3 is 1.90 bits per heavy atom. The zero-order valence-electron chi connectivity index (χ0n) is 18.2. The van der Waals surface area contributed by atoms with Crippen LogP contribution in [0.4, 0.5) is 0 Å². The minimum absolute atomic E-state index is 0.666. The summed E-state index contributed by atoms with van der Waals surface area (Å²) in [7, 11) is 0. The van der Waals surface area contributed by atoms with Crippen LogP contribution in [0.1, 0.15) is 36.1 Å². The van der Waals surface area contributed by atoms with Crippen molar-refractivity contribution in [2.24, 2.45) is 0 Å². The van der Waals surface area contributed by atoms with Gasteiger partial charge in [0.1, 0.15) is 5.75 Å². The second kappa shape index (κ2) is 9.38. The lowest BCUT2D eigenvalue weighted by Gasteiger charge is -2.35. The number of carboxylic acids is 1. The molecular formula is C24H31ClN2O3. The molecule has 2 aromatic rings. The molecule has 0 spiro atoms. The van der Waals surface area contributed by atoms with Gasteiger partial charge in [-0.05, 0) is 62.1 Å². The van der Waals surface area contributed by atoms with Gasteiger partial charge in [-0.15, -0.1) is 0 Å². The zero-order valence-corrected chi connectivity index (χ0v) is 19.0. The molecule has 3 rings (SSSR count). The molecule has 0 aliphatic carbocycles. The van der Waals surface area contributed by atoms with Gasteiger partial charge in [0, 0.05) is 44.3 Å². The van der Waals surface area contributed by atoms with Crippen LogP contribution >= 0.6 is 11.6 Å². The molecule has 2 aromatic carbocycles. The summed E-state index contributed by atoms with van der Waals surface area (Å²) in [5.41, 5.74) is 3.22. The third kappa shape index (κ3) is 5.75. The Hall–Kier alpha value is -2.08. The lowest BCUT2D eigenvalue weighted by atomic mass is 10.0. The second-order valence-electron chi connectivity index (χ2n) is 8.66. The van der Waals surface area contributed by atoms with E-state index in [4.69, 9.17) is 16.3 Å². The zero-order chi connectivity index (χ0) is 21.9. The Balaban J connectivity index is 1.57. The van der Waals surface area contributed by atoms with Crippen molar-refractivity contribution in [1.29, 1.82) is 0 Å². The number of ether oxygens (including phenoxy) is 1. The van der Waals surface area contributed by atoms with Gasteiger partial charge in [-0.25, -0.2) is 4.79 Å². The van der Waals surface area contributed by atoms with Crippen molar-refractivity contribution in [1.82, 2.24) is 9.80 Å². The van der Waals surface area contributed by atoms with Gasteiger partial charge in [0.05, 0.1) is 0 Å². The molecule has 1 aliphatic rings. The average molecular weight is 431 g/mol. The first-order valence-electron chi connectivity index (χ1n) is 10.4. The summed E-state index contributed by atoms with van der Waals surface area (Å²) < 4.78 is 5.82. The van der Waals surface area contributed by atoms with Crippen LogP contribution in [0.25, 0.3) is 0 Å². The van der Waals surface area contributed by atoms with E-state index < -0.39 is 11.6 Å². The Kier molecular flexibility index (Phi) is 7.06. The van der Waals surface area contributed by atoms with Crippen LogP contribution in [0.15, 0.2) is 36.4 Å². The van der Waals surface area contributed by atoms with Gasteiger partial charge in [0.25, 0.3) is 0 Å². The van der Waals surface area contributed by atoms with Crippen molar-refractivity contribution in [2.75, 3.05) is 26.2 Å². The molecule has 1 aliphatic heterocycles. The number of piperazine rings is 1. The molecule has 6 heteroatoms. The number of benzene rings is 2. The fraction of sp³-hybridized carbons (Fsp3) is 0.458. The number of hydrogen-bond donors (Lipinski definition) is 1. The van der Waals surface area contributed by atoms with Crippen LogP contribution in [0.3, 0.4) is 0 Å². The smallest absolute Gasteiger partial charge is 0.347 e. The molecule has 0 bridgehead atoms. The number of carbonyl (C=O) groups is 1. The first-order valence-corrected chi connectivity index (χ1v) is 10.7. The minimum Gasteiger partial charge on any atom is -0.478 e. The lowest BCUT2D eigenvalue weighted by Crippen LogP contribution is -2.45. The lowest BCUT2D eigenvalue weighted by molar-refractivity contribution is -0.152. The third-order valence-electron chi connectivity index (χ3n) is 5.58. The van der Waals surface area contributed by atoms with Crippen LogP contribution in [-0.2, 0) is 17.9 Å². The molecule has 1 saturated heterocycles. The molecule has 5 nitrogen and oxygen atoms in total. The fourth-order valence-electron chi connectivity index (χ4n) is 3.80. The summed E-state index contributed by atoms with van der Waals surface area (Å²) in [5.74, 6) is -0.305. The highest BCUT2D eigenvalue weighted by Crippen LogP contribution is 2.29. The first kappa shape index (κ1) is 22.6. The van der Waals surface area contributed by atoms with Gasteiger partial charge in [-0.2, -0.15) is 0 Å². The first-order chi connectivity index (χ1) is 14.1. The van der Waals surface area contributed by atoms with Crippen molar-refractivity contribution >= 4 is 17.6 Å². The standard InChI is InChI=1S/C24H31ClN2O3/c1-17-13-20(14-18(2)22(17)30-24(3,4)23(28)29)16-27-11-9-26(10-12-27)15-19-5-7-21(25)8-6-19/h5-8,13-14H,9-12,15-16H2,1-4H3,(H,28,29). The number of halogens is 1. The van der Waals surface area contributed by atoms with Crippen molar-refractivity contribution in [2.45, 2.75) is 46.4 Å². The minimum atomic E-state index is -1.25. The average Bonchev–Trinajstić information content (AvgIpc) is 2.68. The van der Waals surface area contributed by atoms with E-state index in [0.29, 0.717) is 5.75 Å². The Morgan fingerprint density at radius 1 is 0.967 bits per heavy atom. The number of hydrogen-bond acceptors (Lipinski definition) is 4. The van der Waals surface area contributed by atoms with E-state index in [1.165, 1.54) is 11.1 Å². The van der Waals surface area contributed by atoms with Crippen LogP contribution in [0.5, 0.6) is 5.75 Å². The van der Waals surface area contributed by atoms with E-state index in [2.05, 4.69) is 34.1 Å². The molecule has 1 fully saturated rings. The van der Waals surface area contributed by atoms with Crippen molar-refractivity contribution in [3.05, 3.63) is 63.7 Å². The van der Waals surface area contributed by atoms with Crippen LogP contribution < -0.4 is 4.74 Å². The SMILES string of the molecule is Cc1cc(CN2CCN(Cc3ccc(Cl)cc3)CC2)cc(C)c1OC(C)(C)C(=O)O. The molecular weight excluding hydrogens is 400 g/mol. The number of carboxylic acid groups (broad SMARTS) is 1. The third-order valence-corrected chi connectivity index (χ3v) is 5.83. The quantitative estimate of drug-likeness (QED) is 0.700. The van der Waals surface area contributed by atoms with Crippen molar-refractivity contribution in [3.8, 4) is 5.75 Å². The predicted octanol–water partition coefficient (Wildman–Crippen LogP) is 4.52. The molecule has 0 saturated carbocycles. The van der Waals surface area contributed by atoms with Gasteiger partial charge < -0.3 is 9.84 Å². The van der Waals surface area contributed by atoms with E-state index in [9.17, 15) is 9.90 Å². The monoisotopic (exact) mass is 430 g/mol. The molecule has 0 atom stereocenters. The van der Waals surface area contributed by atoms with Crippen LogP contribution in [0, 0.1) is 13.8 Å². The molecule has 1 N–H and O–H groups in total. The summed E-state index contributed by atoms with van der Waals surface area (Å²) in [5, 5.41) is 10.1. The topological polar surface area (TPSA) is 53.0 Å². The maximum atomic E-state index is 11.4. The van der Waals surface area contributed by atoms with Crippen molar-refractivity contribution in [3.63, 3.8) is 0 Å². The summed E-state index contributed by atoms with van der Waals surface area (Å²) in [6.07, 6.45) is 0. The highest BCUT2D eigenvalue weighted by atomic mass is 35.5. The highest BCUT2D eigenvalue weighted by molar-refractivity contribution is 6.30. The van der Waals surface area contributed by atoms with Crippen LogP contribution in [0.2, 0.25) is 5.02 Å². The maximum absolute atomic E-state index is 11.4. The number of aryl methyl sites for hydroxylation is 2. The van der Waals surface area contributed by atoms with Crippen LogP contribution in [-0.4, -0.2) is 52.7 Å². The van der Waals surface area contributed by atoms with Crippen molar-refractivity contribution < 1.29 is 14.6 Å². The van der Waals surface area contributed by atoms with Gasteiger partial charge in [0.2, 0.25) is 0 Å². The highest BCUT2D eigenvalue weighted by Gasteiger charge is 2.30. The summed E-state index contributed by atoms with van der Waals surface area (Å²) in [6, 6.07) is 12.3. The van der Waals surface area contributed by atoms with E-state index >= 15 is 0 Å². The summed E-state index contributed by atoms with van der Waals surface area (Å²) >= 11 is 5.97. The molecule has 162 valence electrons. The Bertz CT molecular complexity index is 865. The Labute approximate surface area is 184 Å². The molecule has 30 heavy (non-hydrogen) atoms. The fourth-order valence-corrected chi connectivity index (χ4v) is 3.93. The normalized spacial score (nSPS) is 15.9. The molecule has 0 radical (unpaired) electrons. The Morgan fingerprint density at radius 2 is 1.43 bits per heavy atom. The molecule has 0 unspecified atom stereocenters. The van der Waals surface area contributed by atoms with Gasteiger partial charge in [-0.3, -0.25) is 9.80 Å². The van der Waals surface area contributed by atoms with Gasteiger partial charge >= 0.3 is 5.97 Å². The van der Waals surface area contributed by atoms with E-state index in [0.717, 1.165) is 55.4 Å².